The molecule has 1 aliphatic carbocycles. The van der Waals surface area contributed by atoms with Crippen LogP contribution in [0.1, 0.15) is 42.1 Å². The number of fused-ring (bicyclic) bond motifs is 1. The summed E-state index contributed by atoms with van der Waals surface area (Å²) in [5.41, 5.74) is 20.3. The Morgan fingerprint density at radius 1 is 1.34 bits per heavy atom. The van der Waals surface area contributed by atoms with Crippen LogP contribution in [-0.2, 0) is 24.2 Å². The molecule has 0 aliphatic heterocycles. The van der Waals surface area contributed by atoms with Crippen molar-refractivity contribution >= 4 is 24.1 Å². The smallest absolute Gasteiger partial charge is 0.237 e. The summed E-state index contributed by atoms with van der Waals surface area (Å²) in [6.07, 6.45) is 6.02. The van der Waals surface area contributed by atoms with Crippen LogP contribution in [0.15, 0.2) is 35.5 Å². The third kappa shape index (κ3) is 5.45. The summed E-state index contributed by atoms with van der Waals surface area (Å²) < 4.78 is 2.82. The number of nitrogens with one attached hydrogen (secondary N) is 2. The largest absolute Gasteiger partial charge is 0.370 e. The van der Waals surface area contributed by atoms with Crippen molar-refractivity contribution in [3.8, 4) is 0 Å². The van der Waals surface area contributed by atoms with Crippen molar-refractivity contribution in [3.05, 3.63) is 52.1 Å². The number of benzene rings is 1. The summed E-state index contributed by atoms with van der Waals surface area (Å²) in [5, 5.41) is 2.92. The molecule has 1 aromatic carbocycles. The molecule has 8 N–H and O–H groups in total. The third-order valence-corrected chi connectivity index (χ3v) is 5.64. The van der Waals surface area contributed by atoms with Crippen molar-refractivity contribution in [2.45, 2.75) is 50.7 Å². The second kappa shape index (κ2) is 9.71. The first kappa shape index (κ1) is 21.1. The van der Waals surface area contributed by atoms with Gasteiger partial charge in [0.1, 0.15) is 0 Å². The first-order valence-electron chi connectivity index (χ1n) is 9.90. The van der Waals surface area contributed by atoms with Crippen LogP contribution in [0.4, 0.5) is 0 Å². The number of carbonyl (C=O) groups excluding carboxylic acids is 1. The molecule has 3 rings (SSSR count). The van der Waals surface area contributed by atoms with E-state index in [-0.39, 0.29) is 17.9 Å². The highest BCUT2D eigenvalue weighted by Gasteiger charge is 2.22. The lowest BCUT2D eigenvalue weighted by atomic mass is 9.88. The van der Waals surface area contributed by atoms with Crippen molar-refractivity contribution in [3.63, 3.8) is 0 Å². The zero-order chi connectivity index (χ0) is 20.8. The first-order valence-corrected chi connectivity index (χ1v) is 10.3. The van der Waals surface area contributed by atoms with Crippen molar-refractivity contribution in [2.24, 2.45) is 22.2 Å². The maximum atomic E-state index is 12.3. The Kier molecular flexibility index (Phi) is 7.05. The molecule has 1 amide bonds. The van der Waals surface area contributed by atoms with Gasteiger partial charge in [0.05, 0.1) is 18.3 Å². The van der Waals surface area contributed by atoms with Crippen LogP contribution in [0.3, 0.4) is 0 Å². The molecule has 0 fully saturated rings. The van der Waals surface area contributed by atoms with Crippen LogP contribution < -0.4 is 22.5 Å². The number of amides is 1. The molecule has 2 aromatic rings. The number of guanidine groups is 1. The van der Waals surface area contributed by atoms with E-state index in [0.717, 1.165) is 25.0 Å². The van der Waals surface area contributed by atoms with Gasteiger partial charge >= 0.3 is 0 Å². The maximum Gasteiger partial charge on any atom is 0.237 e. The highest BCUT2D eigenvalue weighted by atomic mass is 32.1. The second-order valence-electron chi connectivity index (χ2n) is 7.39. The van der Waals surface area contributed by atoms with E-state index >= 15 is 0 Å². The summed E-state index contributed by atoms with van der Waals surface area (Å²) >= 11 is 5.51. The summed E-state index contributed by atoms with van der Waals surface area (Å²) in [6, 6.07) is 8.22. The number of rotatable bonds is 8. The zero-order valence-electron chi connectivity index (χ0n) is 16.4. The van der Waals surface area contributed by atoms with Gasteiger partial charge in [0.25, 0.3) is 0 Å². The SMILES string of the molecule is NC(N)=NCCC[C@H](N)C(=O)NCc1c[nH]c(=S)n1C1CCc2ccccc2C1. The molecule has 1 aliphatic rings. The Labute approximate surface area is 175 Å². The molecule has 156 valence electrons. The predicted octanol–water partition coefficient (Wildman–Crippen LogP) is 1.27. The number of aryl methyl sites for hydroxylation is 1. The standard InChI is InChI=1S/C20H29N7OS/c21-17(6-3-9-24-19(22)23)18(28)25-11-16-12-26-20(29)27(16)15-8-7-13-4-1-2-5-14(13)10-15/h1-2,4-5,12,15,17H,3,6-11,21H2,(H,25,28)(H,26,29)(H4,22,23,24)/t15?,17-/m0/s1. The molecule has 1 unspecified atom stereocenters. The van der Waals surface area contributed by atoms with Crippen molar-refractivity contribution in [2.75, 3.05) is 6.54 Å². The fraction of sp³-hybridized carbons (Fsp3) is 0.450. The molecule has 0 saturated carbocycles. The van der Waals surface area contributed by atoms with Gasteiger partial charge in [-0.25, -0.2) is 0 Å². The fourth-order valence-corrected chi connectivity index (χ4v) is 4.13. The number of nitrogens with zero attached hydrogens (tertiary/aromatic N) is 2. The summed E-state index contributed by atoms with van der Waals surface area (Å²) in [4.78, 5) is 19.4. The van der Waals surface area contributed by atoms with Crippen LogP contribution in [0.5, 0.6) is 0 Å². The number of imidazole rings is 1. The minimum Gasteiger partial charge on any atom is -0.370 e. The van der Waals surface area contributed by atoms with Crippen molar-refractivity contribution < 1.29 is 4.79 Å². The number of aromatic amines is 1. The van der Waals surface area contributed by atoms with E-state index in [9.17, 15) is 4.79 Å². The van der Waals surface area contributed by atoms with Gasteiger partial charge in [-0.05, 0) is 55.4 Å². The Hall–Kier alpha value is -2.65. The normalized spacial score (nSPS) is 16.7. The molecule has 2 atom stereocenters. The van der Waals surface area contributed by atoms with E-state index in [1.165, 1.54) is 11.1 Å². The first-order chi connectivity index (χ1) is 14.0. The van der Waals surface area contributed by atoms with E-state index in [1.54, 1.807) is 0 Å². The Morgan fingerprint density at radius 3 is 2.86 bits per heavy atom. The van der Waals surface area contributed by atoms with Crippen LogP contribution >= 0.6 is 12.2 Å². The van der Waals surface area contributed by atoms with E-state index in [2.05, 4.69) is 44.1 Å². The average Bonchev–Trinajstić information content (AvgIpc) is 3.09. The molecular formula is C20H29N7OS. The lowest BCUT2D eigenvalue weighted by Gasteiger charge is -2.27. The molecule has 9 heteroatoms. The topological polar surface area (TPSA) is 140 Å². The van der Waals surface area contributed by atoms with E-state index < -0.39 is 6.04 Å². The average molecular weight is 416 g/mol. The number of H-pyrrole nitrogens is 1. The number of hydrogen-bond acceptors (Lipinski definition) is 4. The third-order valence-electron chi connectivity index (χ3n) is 5.32. The molecule has 1 heterocycles. The van der Waals surface area contributed by atoms with Gasteiger partial charge in [0.2, 0.25) is 5.91 Å². The molecule has 0 saturated heterocycles. The van der Waals surface area contributed by atoms with Crippen LogP contribution in [0, 0.1) is 4.77 Å². The number of aliphatic imine (C=N–C) groups is 1. The molecular weight excluding hydrogens is 386 g/mol. The van der Waals surface area contributed by atoms with E-state index in [4.69, 9.17) is 29.4 Å². The fourth-order valence-electron chi connectivity index (χ4n) is 3.81. The van der Waals surface area contributed by atoms with E-state index in [0.29, 0.717) is 30.7 Å². The zero-order valence-corrected chi connectivity index (χ0v) is 17.3. The quantitative estimate of drug-likeness (QED) is 0.191. The van der Waals surface area contributed by atoms with Gasteiger partial charge in [-0.2, -0.15) is 0 Å². The van der Waals surface area contributed by atoms with Crippen molar-refractivity contribution in [1.82, 2.24) is 14.9 Å². The summed E-state index contributed by atoms with van der Waals surface area (Å²) in [5.74, 6) is -0.146. The van der Waals surface area contributed by atoms with Crippen LogP contribution in [0.25, 0.3) is 0 Å². The van der Waals surface area contributed by atoms with Gasteiger partial charge in [0, 0.05) is 18.8 Å². The van der Waals surface area contributed by atoms with Gasteiger partial charge in [0.15, 0.2) is 10.7 Å². The monoisotopic (exact) mass is 415 g/mol. The minimum atomic E-state index is -0.596. The Bertz CT molecular complexity index is 929. The van der Waals surface area contributed by atoms with Crippen molar-refractivity contribution in [1.29, 1.82) is 0 Å². The summed E-state index contributed by atoms with van der Waals surface area (Å²) in [6.45, 7) is 0.843. The Balaban J connectivity index is 1.58. The lowest BCUT2D eigenvalue weighted by molar-refractivity contribution is -0.122. The molecule has 29 heavy (non-hydrogen) atoms. The molecule has 0 radical (unpaired) electrons. The highest BCUT2D eigenvalue weighted by Crippen LogP contribution is 2.30. The molecule has 0 bridgehead atoms. The molecule has 8 nitrogen and oxygen atoms in total. The van der Waals surface area contributed by atoms with Crippen LogP contribution in [0.2, 0.25) is 0 Å². The highest BCUT2D eigenvalue weighted by molar-refractivity contribution is 7.71. The van der Waals surface area contributed by atoms with Gasteiger partial charge in [-0.1, -0.05) is 24.3 Å². The lowest BCUT2D eigenvalue weighted by Crippen LogP contribution is -2.40. The number of hydrogen-bond donors (Lipinski definition) is 5. The predicted molar refractivity (Wildman–Crippen MR) is 117 cm³/mol. The van der Waals surface area contributed by atoms with Gasteiger partial charge in [-0.15, -0.1) is 0 Å². The number of aromatic nitrogens is 2. The van der Waals surface area contributed by atoms with Gasteiger partial charge < -0.3 is 32.1 Å². The minimum absolute atomic E-state index is 0.0464. The number of carbonyl (C=O) groups is 1. The Morgan fingerprint density at radius 2 is 2.10 bits per heavy atom. The maximum absolute atomic E-state index is 12.3. The molecule has 0 spiro atoms. The second-order valence-corrected chi connectivity index (χ2v) is 7.78. The molecule has 1 aromatic heterocycles. The van der Waals surface area contributed by atoms with Gasteiger partial charge in [-0.3, -0.25) is 9.79 Å². The summed E-state index contributed by atoms with van der Waals surface area (Å²) in [7, 11) is 0. The van der Waals surface area contributed by atoms with E-state index in [1.807, 2.05) is 6.20 Å². The van der Waals surface area contributed by atoms with Crippen LogP contribution in [-0.4, -0.2) is 34.0 Å². The number of nitrogens with two attached hydrogens (primary N) is 3.